The SMILES string of the molecule is COC(=O)C1(C(F)(F)S(=O)(=O)c2ccccc2)Cc2ccccc2C1=O. The number of carbonyl (C=O) groups is 2. The Labute approximate surface area is 148 Å². The van der Waals surface area contributed by atoms with E-state index >= 15 is 8.78 Å². The van der Waals surface area contributed by atoms with Crippen molar-refractivity contribution in [3.05, 3.63) is 65.7 Å². The highest BCUT2D eigenvalue weighted by Gasteiger charge is 2.73. The van der Waals surface area contributed by atoms with Crippen LogP contribution < -0.4 is 0 Å². The minimum Gasteiger partial charge on any atom is -0.468 e. The van der Waals surface area contributed by atoms with Gasteiger partial charge in [0.25, 0.3) is 0 Å². The lowest BCUT2D eigenvalue weighted by molar-refractivity contribution is -0.161. The molecule has 2 aromatic rings. The Kier molecular flexibility index (Phi) is 4.18. The monoisotopic (exact) mass is 380 g/mol. The highest BCUT2D eigenvalue weighted by molar-refractivity contribution is 7.92. The number of ketones is 1. The summed E-state index contributed by atoms with van der Waals surface area (Å²) in [5.41, 5.74) is -3.10. The van der Waals surface area contributed by atoms with Gasteiger partial charge in [0.15, 0.2) is 5.78 Å². The molecule has 8 heteroatoms. The number of esters is 1. The summed E-state index contributed by atoms with van der Waals surface area (Å²) in [7, 11) is -4.50. The second kappa shape index (κ2) is 5.98. The molecule has 1 aliphatic rings. The van der Waals surface area contributed by atoms with E-state index < -0.39 is 43.6 Å². The van der Waals surface area contributed by atoms with Crippen LogP contribution in [0.3, 0.4) is 0 Å². The number of hydrogen-bond acceptors (Lipinski definition) is 5. The van der Waals surface area contributed by atoms with Crippen LogP contribution in [0.5, 0.6) is 0 Å². The van der Waals surface area contributed by atoms with E-state index in [1.54, 1.807) is 0 Å². The van der Waals surface area contributed by atoms with Crippen molar-refractivity contribution in [1.82, 2.24) is 0 Å². The van der Waals surface area contributed by atoms with Crippen molar-refractivity contribution in [2.75, 3.05) is 7.11 Å². The molecular formula is C18H14F2O5S. The Morgan fingerprint density at radius 1 is 1.08 bits per heavy atom. The van der Waals surface area contributed by atoms with E-state index in [0.717, 1.165) is 19.2 Å². The second-order valence-corrected chi connectivity index (χ2v) is 7.88. The topological polar surface area (TPSA) is 77.5 Å². The van der Waals surface area contributed by atoms with E-state index in [1.165, 1.54) is 42.5 Å². The van der Waals surface area contributed by atoms with Gasteiger partial charge in [0.2, 0.25) is 15.3 Å². The highest BCUT2D eigenvalue weighted by Crippen LogP contribution is 2.52. The maximum atomic E-state index is 15.4. The fraction of sp³-hybridized carbons (Fsp3) is 0.222. The molecule has 2 aromatic carbocycles. The standard InChI is InChI=1S/C18H14F2O5S/c1-25-16(22)17(11-12-7-5-6-10-14(12)15(17)21)18(19,20)26(23,24)13-8-3-2-4-9-13/h2-10H,11H2,1H3. The molecule has 0 saturated carbocycles. The number of sulfone groups is 1. The average Bonchev–Trinajstić information content (AvgIpc) is 2.96. The van der Waals surface area contributed by atoms with Crippen LogP contribution >= 0.6 is 0 Å². The van der Waals surface area contributed by atoms with Crippen LogP contribution in [-0.2, 0) is 25.8 Å². The van der Waals surface area contributed by atoms with Crippen LogP contribution in [0, 0.1) is 5.41 Å². The van der Waals surface area contributed by atoms with Gasteiger partial charge in [-0.15, -0.1) is 0 Å². The molecule has 0 aliphatic heterocycles. The molecule has 0 fully saturated rings. The molecule has 0 amide bonds. The van der Waals surface area contributed by atoms with Gasteiger partial charge < -0.3 is 4.74 Å². The number of benzene rings is 2. The van der Waals surface area contributed by atoms with Crippen molar-refractivity contribution in [2.24, 2.45) is 5.41 Å². The number of rotatable bonds is 4. The lowest BCUT2D eigenvalue weighted by Crippen LogP contribution is -2.56. The van der Waals surface area contributed by atoms with Crippen molar-refractivity contribution in [1.29, 1.82) is 0 Å². The van der Waals surface area contributed by atoms with Crippen LogP contribution in [0.1, 0.15) is 15.9 Å². The zero-order valence-electron chi connectivity index (χ0n) is 13.6. The molecule has 0 aromatic heterocycles. The Balaban J connectivity index is 2.25. The molecule has 0 N–H and O–H groups in total. The van der Waals surface area contributed by atoms with Gasteiger partial charge in [-0.05, 0) is 17.7 Å². The summed E-state index contributed by atoms with van der Waals surface area (Å²) in [5.74, 6) is -2.84. The summed E-state index contributed by atoms with van der Waals surface area (Å²) in [6.45, 7) is 0. The molecule has 3 rings (SSSR count). The molecule has 1 atom stereocenters. The zero-order chi connectivity index (χ0) is 19.2. The van der Waals surface area contributed by atoms with Crippen LogP contribution in [-0.4, -0.2) is 32.5 Å². The molecule has 0 heterocycles. The van der Waals surface area contributed by atoms with Gasteiger partial charge in [0.05, 0.1) is 12.0 Å². The van der Waals surface area contributed by atoms with Gasteiger partial charge in [-0.25, -0.2) is 8.42 Å². The molecule has 1 aliphatic carbocycles. The fourth-order valence-electron chi connectivity index (χ4n) is 3.16. The molecule has 1 unspecified atom stereocenters. The number of ether oxygens (including phenoxy) is 1. The van der Waals surface area contributed by atoms with E-state index in [4.69, 9.17) is 0 Å². The van der Waals surface area contributed by atoms with Gasteiger partial charge >= 0.3 is 11.2 Å². The summed E-state index contributed by atoms with van der Waals surface area (Å²) < 4.78 is 60.5. The lowest BCUT2D eigenvalue weighted by Gasteiger charge is -2.32. The number of Topliss-reactive ketones (excluding diaryl/α,β-unsaturated/α-hetero) is 1. The van der Waals surface area contributed by atoms with Gasteiger partial charge in [0.1, 0.15) is 0 Å². The molecule has 0 saturated heterocycles. The molecule has 5 nitrogen and oxygen atoms in total. The van der Waals surface area contributed by atoms with E-state index in [1.807, 2.05) is 0 Å². The van der Waals surface area contributed by atoms with Crippen LogP contribution in [0.4, 0.5) is 8.78 Å². The lowest BCUT2D eigenvalue weighted by atomic mass is 9.83. The van der Waals surface area contributed by atoms with Crippen molar-refractivity contribution in [3.63, 3.8) is 0 Å². The Bertz CT molecular complexity index is 986. The predicted octanol–water partition coefficient (Wildman–Crippen LogP) is 2.65. The third kappa shape index (κ3) is 2.21. The average molecular weight is 380 g/mol. The molecular weight excluding hydrogens is 366 g/mol. The summed E-state index contributed by atoms with van der Waals surface area (Å²) >= 11 is 0. The minimum atomic E-state index is -5.34. The summed E-state index contributed by atoms with van der Waals surface area (Å²) in [5, 5.41) is -4.70. The summed E-state index contributed by atoms with van der Waals surface area (Å²) in [6.07, 6.45) is -0.756. The van der Waals surface area contributed by atoms with Crippen LogP contribution in [0.15, 0.2) is 59.5 Å². The number of methoxy groups -OCH3 is 1. The van der Waals surface area contributed by atoms with Crippen molar-refractivity contribution in [3.8, 4) is 0 Å². The van der Waals surface area contributed by atoms with Crippen LogP contribution in [0.2, 0.25) is 0 Å². The second-order valence-electron chi connectivity index (χ2n) is 5.89. The zero-order valence-corrected chi connectivity index (χ0v) is 14.4. The predicted molar refractivity (Wildman–Crippen MR) is 87.5 cm³/mol. The number of alkyl halides is 2. The van der Waals surface area contributed by atoms with E-state index in [-0.39, 0.29) is 11.1 Å². The van der Waals surface area contributed by atoms with E-state index in [2.05, 4.69) is 4.74 Å². The smallest absolute Gasteiger partial charge is 0.373 e. The maximum Gasteiger partial charge on any atom is 0.373 e. The van der Waals surface area contributed by atoms with Crippen molar-refractivity contribution >= 4 is 21.6 Å². The number of halogens is 2. The maximum absolute atomic E-state index is 15.4. The molecule has 0 spiro atoms. The molecule has 26 heavy (non-hydrogen) atoms. The molecule has 0 bridgehead atoms. The van der Waals surface area contributed by atoms with Gasteiger partial charge in [-0.1, -0.05) is 42.5 Å². The third-order valence-corrected chi connectivity index (χ3v) is 6.44. The number of carbonyl (C=O) groups excluding carboxylic acids is 2. The first-order valence-corrected chi connectivity index (χ1v) is 9.07. The van der Waals surface area contributed by atoms with E-state index in [9.17, 15) is 18.0 Å². The first-order valence-electron chi connectivity index (χ1n) is 7.59. The molecule has 136 valence electrons. The van der Waals surface area contributed by atoms with Gasteiger partial charge in [-0.3, -0.25) is 9.59 Å². The summed E-state index contributed by atoms with van der Waals surface area (Å²) in [6, 6.07) is 11.7. The number of fused-ring (bicyclic) bond motifs is 1. The van der Waals surface area contributed by atoms with Crippen LogP contribution in [0.25, 0.3) is 0 Å². The fourth-order valence-corrected chi connectivity index (χ4v) is 4.68. The van der Waals surface area contributed by atoms with Gasteiger partial charge in [-0.2, -0.15) is 8.78 Å². The first-order chi connectivity index (χ1) is 12.2. The van der Waals surface area contributed by atoms with Crippen molar-refractivity contribution in [2.45, 2.75) is 16.6 Å². The van der Waals surface area contributed by atoms with Crippen molar-refractivity contribution < 1.29 is 31.5 Å². The highest BCUT2D eigenvalue weighted by atomic mass is 32.2. The van der Waals surface area contributed by atoms with E-state index in [0.29, 0.717) is 0 Å². The third-order valence-electron chi connectivity index (χ3n) is 4.53. The largest absolute Gasteiger partial charge is 0.468 e. The number of hydrogen-bond donors (Lipinski definition) is 0. The first kappa shape index (κ1) is 18.2. The summed E-state index contributed by atoms with van der Waals surface area (Å²) in [4.78, 5) is 24.5. The quantitative estimate of drug-likeness (QED) is 0.602. The minimum absolute atomic E-state index is 0.110. The molecule has 0 radical (unpaired) electrons. The Morgan fingerprint density at radius 2 is 1.65 bits per heavy atom. The normalized spacial score (nSPS) is 19.9. The van der Waals surface area contributed by atoms with Gasteiger partial charge in [0, 0.05) is 12.0 Å². The Morgan fingerprint density at radius 3 is 2.23 bits per heavy atom. The Hall–Kier alpha value is -2.61.